The van der Waals surface area contributed by atoms with E-state index in [-0.39, 0.29) is 0 Å². The fraction of sp³-hybridized carbons (Fsp3) is 0.0889. The normalized spacial score (nSPS) is 12.9. The maximum Gasteiger partial charge on any atom is 0.164 e. The zero-order chi connectivity index (χ0) is 33.0. The first-order valence-corrected chi connectivity index (χ1v) is 17.4. The lowest BCUT2D eigenvalue weighted by Crippen LogP contribution is -2.06. The van der Waals surface area contributed by atoms with Crippen LogP contribution in [0.1, 0.15) is 24.1 Å². The Morgan fingerprint density at radius 1 is 0.420 bits per heavy atom. The minimum atomic E-state index is 0.651. The molecule has 10 rings (SSSR count). The first kappa shape index (κ1) is 28.7. The Morgan fingerprint density at radius 3 is 1.72 bits per heavy atom. The van der Waals surface area contributed by atoms with Crippen molar-refractivity contribution in [2.75, 3.05) is 0 Å². The summed E-state index contributed by atoms with van der Waals surface area (Å²) in [5.74, 6) is 1.97. The lowest BCUT2D eigenvalue weighted by molar-refractivity contribution is 0.667. The lowest BCUT2D eigenvalue weighted by Gasteiger charge is -2.16. The molecular formula is C45H33N5. The Morgan fingerprint density at radius 2 is 1.00 bits per heavy atom. The molecule has 1 aliphatic carbocycles. The van der Waals surface area contributed by atoms with Gasteiger partial charge in [-0.1, -0.05) is 115 Å². The molecule has 5 heteroatoms. The van der Waals surface area contributed by atoms with Gasteiger partial charge in [0.15, 0.2) is 17.5 Å². The maximum absolute atomic E-state index is 5.06. The van der Waals surface area contributed by atoms with Gasteiger partial charge >= 0.3 is 0 Å². The van der Waals surface area contributed by atoms with Gasteiger partial charge in [0.2, 0.25) is 0 Å². The fourth-order valence-electron chi connectivity index (χ4n) is 7.94. The van der Waals surface area contributed by atoms with Crippen molar-refractivity contribution in [2.24, 2.45) is 0 Å². The summed E-state index contributed by atoms with van der Waals surface area (Å²) in [6.45, 7) is 0. The summed E-state index contributed by atoms with van der Waals surface area (Å²) in [6, 6.07) is 53.4. The summed E-state index contributed by atoms with van der Waals surface area (Å²) in [6.07, 6.45) is 4.59. The average molecular weight is 644 g/mol. The van der Waals surface area contributed by atoms with E-state index in [2.05, 4.69) is 124 Å². The van der Waals surface area contributed by atoms with E-state index in [0.717, 1.165) is 35.2 Å². The van der Waals surface area contributed by atoms with Crippen LogP contribution in [0.25, 0.3) is 78.2 Å². The molecule has 0 radical (unpaired) electrons. The SMILES string of the molecule is c1ccc(-c2nc(-c3ccccc3)nc(-c3cccc(-n4c5ccccc5c5ccc6c(c7c(n6-c6ccccc6)CCCC7)c54)c3)n2)cc1. The van der Waals surface area contributed by atoms with Gasteiger partial charge in [0, 0.05) is 49.9 Å². The fourth-order valence-corrected chi connectivity index (χ4v) is 7.94. The monoisotopic (exact) mass is 643 g/mol. The average Bonchev–Trinajstić information content (AvgIpc) is 3.72. The van der Waals surface area contributed by atoms with Crippen LogP contribution in [0.15, 0.2) is 152 Å². The number of benzene rings is 6. The molecule has 50 heavy (non-hydrogen) atoms. The van der Waals surface area contributed by atoms with Crippen molar-refractivity contribution in [3.63, 3.8) is 0 Å². The third-order valence-corrected chi connectivity index (χ3v) is 10.1. The van der Waals surface area contributed by atoms with Crippen LogP contribution < -0.4 is 0 Å². The number of nitrogens with zero attached hydrogens (tertiary/aromatic N) is 5. The highest BCUT2D eigenvalue weighted by Crippen LogP contribution is 2.43. The molecule has 0 amide bonds. The van der Waals surface area contributed by atoms with Crippen LogP contribution in [0.5, 0.6) is 0 Å². The van der Waals surface area contributed by atoms with E-state index in [1.165, 1.54) is 62.5 Å². The largest absolute Gasteiger partial charge is 0.313 e. The summed E-state index contributed by atoms with van der Waals surface area (Å²) in [7, 11) is 0. The Kier molecular flexibility index (Phi) is 6.69. The van der Waals surface area contributed by atoms with Gasteiger partial charge in [-0.15, -0.1) is 0 Å². The van der Waals surface area contributed by atoms with Gasteiger partial charge in [-0.3, -0.25) is 0 Å². The summed E-state index contributed by atoms with van der Waals surface area (Å²) < 4.78 is 4.99. The van der Waals surface area contributed by atoms with Crippen LogP contribution >= 0.6 is 0 Å². The van der Waals surface area contributed by atoms with Gasteiger partial charge in [0.25, 0.3) is 0 Å². The van der Waals surface area contributed by atoms with Crippen LogP contribution in [0.2, 0.25) is 0 Å². The molecule has 0 unspecified atom stereocenters. The van der Waals surface area contributed by atoms with Crippen LogP contribution in [-0.4, -0.2) is 24.1 Å². The van der Waals surface area contributed by atoms with Crippen molar-refractivity contribution in [2.45, 2.75) is 25.7 Å². The van der Waals surface area contributed by atoms with E-state index < -0.39 is 0 Å². The molecule has 6 aromatic carbocycles. The first-order valence-electron chi connectivity index (χ1n) is 17.4. The summed E-state index contributed by atoms with van der Waals surface area (Å²) in [4.78, 5) is 15.0. The van der Waals surface area contributed by atoms with E-state index >= 15 is 0 Å². The van der Waals surface area contributed by atoms with E-state index in [4.69, 9.17) is 15.0 Å². The van der Waals surface area contributed by atoms with Crippen molar-refractivity contribution in [1.82, 2.24) is 24.1 Å². The second-order valence-corrected chi connectivity index (χ2v) is 13.1. The molecule has 3 heterocycles. The molecule has 0 N–H and O–H groups in total. The number of fused-ring (bicyclic) bond motifs is 7. The van der Waals surface area contributed by atoms with Crippen molar-refractivity contribution < 1.29 is 0 Å². The number of hydrogen-bond donors (Lipinski definition) is 0. The van der Waals surface area contributed by atoms with Gasteiger partial charge < -0.3 is 9.13 Å². The smallest absolute Gasteiger partial charge is 0.164 e. The molecule has 0 atom stereocenters. The Bertz CT molecular complexity index is 2630. The summed E-state index contributed by atoms with van der Waals surface area (Å²) in [5, 5.41) is 3.89. The number of para-hydroxylation sites is 2. The van der Waals surface area contributed by atoms with E-state index in [9.17, 15) is 0 Å². The number of aryl methyl sites for hydroxylation is 1. The van der Waals surface area contributed by atoms with Crippen molar-refractivity contribution in [3.05, 3.63) is 163 Å². The Labute approximate surface area is 290 Å². The molecule has 0 bridgehead atoms. The van der Waals surface area contributed by atoms with E-state index in [1.54, 1.807) is 0 Å². The highest BCUT2D eigenvalue weighted by atomic mass is 15.0. The van der Waals surface area contributed by atoms with Crippen molar-refractivity contribution >= 4 is 32.7 Å². The second-order valence-electron chi connectivity index (χ2n) is 13.1. The highest BCUT2D eigenvalue weighted by Gasteiger charge is 2.26. The highest BCUT2D eigenvalue weighted by molar-refractivity contribution is 6.19. The standard InChI is InChI=1S/C45H33N5/c1-4-15-30(16-5-1)43-46-44(31-17-6-2-7-18-31)48-45(47-43)32-19-14-22-34(29-32)50-38-25-12-10-23-35(38)36-27-28-40-41(42(36)50)37-24-11-13-26-39(37)49(40)33-20-8-3-9-21-33/h1-10,12,14-23,25,27-29H,11,13,24,26H2. The third-order valence-electron chi connectivity index (χ3n) is 10.1. The number of rotatable bonds is 5. The molecule has 0 aliphatic heterocycles. The summed E-state index contributed by atoms with van der Waals surface area (Å²) in [5.41, 5.74) is 11.8. The van der Waals surface area contributed by atoms with E-state index in [0.29, 0.717) is 17.5 Å². The zero-order valence-electron chi connectivity index (χ0n) is 27.5. The van der Waals surface area contributed by atoms with Crippen molar-refractivity contribution in [3.8, 4) is 45.5 Å². The quantitative estimate of drug-likeness (QED) is 0.187. The Balaban J connectivity index is 1.24. The minimum absolute atomic E-state index is 0.651. The third kappa shape index (κ3) is 4.58. The van der Waals surface area contributed by atoms with Gasteiger partial charge in [-0.25, -0.2) is 15.0 Å². The van der Waals surface area contributed by atoms with Crippen LogP contribution in [0.4, 0.5) is 0 Å². The topological polar surface area (TPSA) is 48.5 Å². The zero-order valence-corrected chi connectivity index (χ0v) is 27.5. The van der Waals surface area contributed by atoms with Gasteiger partial charge in [-0.2, -0.15) is 0 Å². The molecule has 5 nitrogen and oxygen atoms in total. The molecule has 0 fully saturated rings. The van der Waals surface area contributed by atoms with Gasteiger partial charge in [-0.05, 0) is 67.6 Å². The lowest BCUT2D eigenvalue weighted by atomic mass is 9.94. The van der Waals surface area contributed by atoms with Crippen LogP contribution in [-0.2, 0) is 12.8 Å². The molecule has 0 saturated heterocycles. The van der Waals surface area contributed by atoms with Crippen molar-refractivity contribution in [1.29, 1.82) is 0 Å². The molecule has 0 saturated carbocycles. The number of hydrogen-bond acceptors (Lipinski definition) is 3. The molecular weight excluding hydrogens is 611 g/mol. The Hall–Kier alpha value is -6.33. The predicted octanol–water partition coefficient (Wildman–Crippen LogP) is 10.8. The van der Waals surface area contributed by atoms with Crippen LogP contribution in [0, 0.1) is 0 Å². The van der Waals surface area contributed by atoms with Gasteiger partial charge in [0.1, 0.15) is 0 Å². The molecule has 9 aromatic rings. The minimum Gasteiger partial charge on any atom is -0.313 e. The predicted molar refractivity (Wildman–Crippen MR) is 204 cm³/mol. The molecule has 1 aliphatic rings. The van der Waals surface area contributed by atoms with E-state index in [1.807, 2.05) is 36.4 Å². The maximum atomic E-state index is 5.06. The summed E-state index contributed by atoms with van der Waals surface area (Å²) >= 11 is 0. The molecule has 3 aromatic heterocycles. The van der Waals surface area contributed by atoms with Gasteiger partial charge in [0.05, 0.1) is 16.6 Å². The first-order chi connectivity index (χ1) is 24.8. The number of aromatic nitrogens is 5. The second kappa shape index (κ2) is 11.7. The van der Waals surface area contributed by atoms with Crippen LogP contribution in [0.3, 0.4) is 0 Å². The molecule has 238 valence electrons. The molecule has 0 spiro atoms.